The molecule has 0 aliphatic rings. The Morgan fingerprint density at radius 2 is 2.08 bits per heavy atom. The Labute approximate surface area is 154 Å². The number of nitrogens with zero attached hydrogens (tertiary/aromatic N) is 2. The minimum Gasteiger partial charge on any atom is -0.355 e. The van der Waals surface area contributed by atoms with Gasteiger partial charge in [0.05, 0.1) is 5.69 Å². The van der Waals surface area contributed by atoms with Crippen LogP contribution in [0.1, 0.15) is 49.7 Å². The first-order valence-electron chi connectivity index (χ1n) is 9.21. The van der Waals surface area contributed by atoms with Gasteiger partial charge in [-0.1, -0.05) is 31.1 Å². The van der Waals surface area contributed by atoms with E-state index in [0.717, 1.165) is 32.5 Å². The Kier molecular flexibility index (Phi) is 7.33. The fraction of sp³-hybridized carbons (Fsp3) is 0.500. The Balaban J connectivity index is 2.02. The molecule has 2 rings (SSSR count). The van der Waals surface area contributed by atoms with E-state index in [1.54, 1.807) is 19.1 Å². The van der Waals surface area contributed by atoms with E-state index in [-0.39, 0.29) is 17.8 Å². The lowest BCUT2D eigenvalue weighted by molar-refractivity contribution is 0.0937. The Morgan fingerprint density at radius 1 is 1.35 bits per heavy atom. The van der Waals surface area contributed by atoms with Crippen LogP contribution in [0.25, 0.3) is 11.3 Å². The predicted molar refractivity (Wildman–Crippen MR) is 101 cm³/mol. The zero-order chi connectivity index (χ0) is 19.1. The van der Waals surface area contributed by atoms with Crippen molar-refractivity contribution in [2.24, 2.45) is 0 Å². The molecule has 0 radical (unpaired) electrons. The van der Waals surface area contributed by atoms with Crippen molar-refractivity contribution < 1.29 is 13.7 Å². The molecule has 1 atom stereocenters. The number of benzene rings is 1. The summed E-state index contributed by atoms with van der Waals surface area (Å²) in [6, 6.07) is 6.01. The number of carbonyl (C=O) groups is 1. The monoisotopic (exact) mass is 361 g/mol. The van der Waals surface area contributed by atoms with Gasteiger partial charge in [0.25, 0.3) is 5.91 Å². The summed E-state index contributed by atoms with van der Waals surface area (Å²) >= 11 is 0. The van der Waals surface area contributed by atoms with Crippen molar-refractivity contribution >= 4 is 5.91 Å². The second-order valence-corrected chi connectivity index (χ2v) is 6.53. The first-order chi connectivity index (χ1) is 12.5. The zero-order valence-electron chi connectivity index (χ0n) is 16.0. The van der Waals surface area contributed by atoms with E-state index in [4.69, 9.17) is 4.52 Å². The molecule has 1 N–H and O–H groups in total. The molecule has 1 aromatic carbocycles. The third-order valence-corrected chi connectivity index (χ3v) is 4.56. The number of aromatic nitrogens is 1. The first kappa shape index (κ1) is 20.1. The second kappa shape index (κ2) is 9.48. The van der Waals surface area contributed by atoms with Crippen LogP contribution in [-0.4, -0.2) is 41.6 Å². The van der Waals surface area contributed by atoms with E-state index >= 15 is 0 Å². The van der Waals surface area contributed by atoms with Crippen LogP contribution in [0, 0.1) is 12.7 Å². The molecule has 142 valence electrons. The molecule has 0 saturated heterocycles. The van der Waals surface area contributed by atoms with Crippen molar-refractivity contribution in [3.63, 3.8) is 0 Å². The summed E-state index contributed by atoms with van der Waals surface area (Å²) < 4.78 is 18.8. The lowest BCUT2D eigenvalue weighted by atomic mass is 10.1. The van der Waals surface area contributed by atoms with Crippen LogP contribution in [0.5, 0.6) is 0 Å². The maximum absolute atomic E-state index is 13.5. The van der Waals surface area contributed by atoms with E-state index < -0.39 is 0 Å². The van der Waals surface area contributed by atoms with Gasteiger partial charge in [-0.05, 0) is 58.5 Å². The van der Waals surface area contributed by atoms with Crippen LogP contribution in [0.4, 0.5) is 4.39 Å². The van der Waals surface area contributed by atoms with E-state index in [2.05, 4.69) is 29.2 Å². The highest BCUT2D eigenvalue weighted by Crippen LogP contribution is 2.26. The molecule has 26 heavy (non-hydrogen) atoms. The van der Waals surface area contributed by atoms with Crippen LogP contribution in [0.2, 0.25) is 0 Å². The third-order valence-electron chi connectivity index (χ3n) is 4.56. The average Bonchev–Trinajstić information content (AvgIpc) is 3.00. The molecule has 0 fully saturated rings. The maximum atomic E-state index is 13.5. The lowest BCUT2D eigenvalue weighted by Crippen LogP contribution is -2.34. The summed E-state index contributed by atoms with van der Waals surface area (Å²) in [6.45, 7) is 11.1. The van der Waals surface area contributed by atoms with E-state index in [1.807, 2.05) is 6.92 Å². The molecule has 0 unspecified atom stereocenters. The topological polar surface area (TPSA) is 58.4 Å². The van der Waals surface area contributed by atoms with Crippen molar-refractivity contribution in [1.29, 1.82) is 0 Å². The van der Waals surface area contributed by atoms with Crippen LogP contribution < -0.4 is 5.32 Å². The largest absolute Gasteiger partial charge is 0.355 e. The SMILES string of the molecule is CCN(CC)CCC[C@@H](C)NC(=O)c1c(C)noc1-c1cccc(F)c1. The number of nitrogens with one attached hydrogen (secondary N) is 1. The molecule has 0 aliphatic carbocycles. The highest BCUT2D eigenvalue weighted by molar-refractivity contribution is 6.00. The molecule has 1 aromatic heterocycles. The summed E-state index contributed by atoms with van der Waals surface area (Å²) in [7, 11) is 0. The summed E-state index contributed by atoms with van der Waals surface area (Å²) in [6.07, 6.45) is 1.91. The predicted octanol–water partition coefficient (Wildman–Crippen LogP) is 4.03. The van der Waals surface area contributed by atoms with E-state index in [9.17, 15) is 9.18 Å². The number of aryl methyl sites for hydroxylation is 1. The van der Waals surface area contributed by atoms with Crippen LogP contribution in [0.15, 0.2) is 28.8 Å². The van der Waals surface area contributed by atoms with Crippen molar-refractivity contribution in [2.45, 2.75) is 46.6 Å². The molecule has 2 aromatic rings. The lowest BCUT2D eigenvalue weighted by Gasteiger charge is -2.19. The van der Waals surface area contributed by atoms with Crippen molar-refractivity contribution in [3.05, 3.63) is 41.3 Å². The fourth-order valence-corrected chi connectivity index (χ4v) is 2.99. The molecular weight excluding hydrogens is 333 g/mol. The van der Waals surface area contributed by atoms with Crippen LogP contribution in [-0.2, 0) is 0 Å². The summed E-state index contributed by atoms with van der Waals surface area (Å²) in [5, 5.41) is 6.90. The van der Waals surface area contributed by atoms with Gasteiger partial charge >= 0.3 is 0 Å². The van der Waals surface area contributed by atoms with Gasteiger partial charge in [0, 0.05) is 11.6 Å². The Morgan fingerprint density at radius 3 is 2.73 bits per heavy atom. The van der Waals surface area contributed by atoms with Gasteiger partial charge in [-0.2, -0.15) is 0 Å². The van der Waals surface area contributed by atoms with Gasteiger partial charge < -0.3 is 14.7 Å². The average molecular weight is 361 g/mol. The molecule has 1 amide bonds. The zero-order valence-corrected chi connectivity index (χ0v) is 16.0. The molecule has 0 aliphatic heterocycles. The molecule has 0 bridgehead atoms. The van der Waals surface area contributed by atoms with E-state index in [0.29, 0.717) is 22.6 Å². The van der Waals surface area contributed by atoms with Crippen molar-refractivity contribution in [2.75, 3.05) is 19.6 Å². The summed E-state index contributed by atoms with van der Waals surface area (Å²) in [4.78, 5) is 15.1. The Bertz CT molecular complexity index is 726. The summed E-state index contributed by atoms with van der Waals surface area (Å²) in [5.74, 6) is -0.319. The molecule has 1 heterocycles. The minimum atomic E-state index is -0.382. The number of hydrogen-bond acceptors (Lipinski definition) is 4. The molecule has 0 saturated carbocycles. The third kappa shape index (κ3) is 5.14. The minimum absolute atomic E-state index is 0.0349. The van der Waals surface area contributed by atoms with Gasteiger partial charge in [-0.3, -0.25) is 4.79 Å². The van der Waals surface area contributed by atoms with Gasteiger partial charge in [-0.25, -0.2) is 4.39 Å². The van der Waals surface area contributed by atoms with Gasteiger partial charge in [0.2, 0.25) is 0 Å². The highest BCUT2D eigenvalue weighted by Gasteiger charge is 2.23. The van der Waals surface area contributed by atoms with Gasteiger partial charge in [0.1, 0.15) is 11.4 Å². The standard InChI is InChI=1S/C20H28FN3O2/c1-5-24(6-2)12-8-9-14(3)22-20(25)18-15(4)23-26-19(18)16-10-7-11-17(21)13-16/h7,10-11,13-14H,5-6,8-9,12H2,1-4H3,(H,22,25)/t14-/m1/s1. The molecule has 5 nitrogen and oxygen atoms in total. The number of amides is 1. The maximum Gasteiger partial charge on any atom is 0.257 e. The van der Waals surface area contributed by atoms with Crippen LogP contribution >= 0.6 is 0 Å². The number of hydrogen-bond donors (Lipinski definition) is 1. The summed E-state index contributed by atoms with van der Waals surface area (Å²) in [5.41, 5.74) is 1.37. The normalized spacial score (nSPS) is 12.4. The van der Waals surface area contributed by atoms with Crippen molar-refractivity contribution in [1.82, 2.24) is 15.4 Å². The highest BCUT2D eigenvalue weighted by atomic mass is 19.1. The quantitative estimate of drug-likeness (QED) is 0.733. The first-order valence-corrected chi connectivity index (χ1v) is 9.21. The second-order valence-electron chi connectivity index (χ2n) is 6.53. The van der Waals surface area contributed by atoms with E-state index in [1.165, 1.54) is 12.1 Å². The fourth-order valence-electron chi connectivity index (χ4n) is 2.99. The number of carbonyl (C=O) groups excluding carboxylic acids is 1. The number of rotatable bonds is 9. The Hall–Kier alpha value is -2.21. The molecular formula is C20H28FN3O2. The number of halogens is 1. The molecule has 6 heteroatoms. The van der Waals surface area contributed by atoms with Crippen molar-refractivity contribution in [3.8, 4) is 11.3 Å². The molecule has 0 spiro atoms. The van der Waals surface area contributed by atoms with Crippen LogP contribution in [0.3, 0.4) is 0 Å². The van der Waals surface area contributed by atoms with Gasteiger partial charge in [-0.15, -0.1) is 0 Å². The smallest absolute Gasteiger partial charge is 0.257 e. The van der Waals surface area contributed by atoms with Gasteiger partial charge in [0.15, 0.2) is 5.76 Å².